The lowest BCUT2D eigenvalue weighted by Crippen LogP contribution is -2.55. The summed E-state index contributed by atoms with van der Waals surface area (Å²) < 4.78 is 34.4. The van der Waals surface area contributed by atoms with Gasteiger partial charge in [0.05, 0.1) is 12.2 Å². The quantitative estimate of drug-likeness (QED) is 0.793. The Balaban J connectivity index is 2.14. The van der Waals surface area contributed by atoms with Crippen LogP contribution in [0, 0.1) is 0 Å². The number of morpholine rings is 1. The van der Waals surface area contributed by atoms with E-state index in [1.807, 2.05) is 20.8 Å². The minimum Gasteiger partial charge on any atom is -0.373 e. The zero-order valence-electron chi connectivity index (χ0n) is 12.0. The first-order chi connectivity index (χ1) is 8.95. The van der Waals surface area contributed by atoms with Gasteiger partial charge in [-0.1, -0.05) is 6.92 Å². The number of hydrogen-bond donors (Lipinski definition) is 1. The molecule has 2 saturated heterocycles. The zero-order valence-corrected chi connectivity index (χ0v) is 12.8. The Morgan fingerprint density at radius 2 is 1.95 bits per heavy atom. The maximum atomic E-state index is 12.8. The predicted octanol–water partition coefficient (Wildman–Crippen LogP) is 0.0242. The van der Waals surface area contributed by atoms with Crippen LogP contribution in [0.5, 0.6) is 0 Å². The molecule has 1 N–H and O–H groups in total. The van der Waals surface area contributed by atoms with Crippen LogP contribution in [0.15, 0.2) is 0 Å². The van der Waals surface area contributed by atoms with Gasteiger partial charge >= 0.3 is 0 Å². The zero-order chi connectivity index (χ0) is 14.0. The summed E-state index contributed by atoms with van der Waals surface area (Å²) in [6.07, 6.45) is 0.806. The van der Waals surface area contributed by atoms with Gasteiger partial charge in [-0.05, 0) is 26.8 Å². The summed E-state index contributed by atoms with van der Waals surface area (Å²) in [5, 5.41) is 3.23. The van der Waals surface area contributed by atoms with Gasteiger partial charge in [-0.2, -0.15) is 17.0 Å². The third kappa shape index (κ3) is 3.28. The first kappa shape index (κ1) is 15.2. The van der Waals surface area contributed by atoms with E-state index >= 15 is 0 Å². The Bertz CT molecular complexity index is 385. The Kier molecular flexibility index (Phi) is 4.84. The number of hydrogen-bond acceptors (Lipinski definition) is 4. The molecule has 0 aromatic carbocycles. The molecule has 2 rings (SSSR count). The van der Waals surface area contributed by atoms with Crippen LogP contribution in [-0.2, 0) is 14.9 Å². The molecule has 2 heterocycles. The molecule has 2 fully saturated rings. The van der Waals surface area contributed by atoms with Crippen LogP contribution in [-0.4, -0.2) is 68.0 Å². The lowest BCUT2D eigenvalue weighted by atomic mass is 10.3. The van der Waals surface area contributed by atoms with E-state index in [0.29, 0.717) is 19.6 Å². The highest BCUT2D eigenvalue weighted by molar-refractivity contribution is 7.86. The average molecular weight is 291 g/mol. The van der Waals surface area contributed by atoms with E-state index in [9.17, 15) is 8.42 Å². The molecule has 2 aliphatic rings. The molecule has 7 heteroatoms. The number of nitrogens with zero attached hydrogens (tertiary/aromatic N) is 2. The summed E-state index contributed by atoms with van der Waals surface area (Å²) in [4.78, 5) is 0. The Labute approximate surface area is 116 Å². The molecule has 0 radical (unpaired) electrons. The van der Waals surface area contributed by atoms with E-state index in [1.54, 1.807) is 8.61 Å². The number of likely N-dealkylation sites (N-methyl/N-ethyl adjacent to an activating group) is 1. The maximum absolute atomic E-state index is 12.8. The van der Waals surface area contributed by atoms with Gasteiger partial charge in [-0.15, -0.1) is 0 Å². The van der Waals surface area contributed by atoms with Gasteiger partial charge < -0.3 is 10.1 Å². The molecule has 0 bridgehead atoms. The molecule has 0 saturated carbocycles. The minimum atomic E-state index is -3.38. The smallest absolute Gasteiger partial charge is 0.282 e. The van der Waals surface area contributed by atoms with Gasteiger partial charge in [0.1, 0.15) is 0 Å². The summed E-state index contributed by atoms with van der Waals surface area (Å²) in [5.41, 5.74) is 0. The highest BCUT2D eigenvalue weighted by Gasteiger charge is 2.38. The maximum Gasteiger partial charge on any atom is 0.282 e. The van der Waals surface area contributed by atoms with Crippen molar-refractivity contribution < 1.29 is 13.2 Å². The van der Waals surface area contributed by atoms with Crippen LogP contribution >= 0.6 is 0 Å². The second-order valence-electron chi connectivity index (χ2n) is 5.43. The third-order valence-electron chi connectivity index (χ3n) is 3.76. The third-order valence-corrected chi connectivity index (χ3v) is 5.86. The van der Waals surface area contributed by atoms with Crippen molar-refractivity contribution in [1.82, 2.24) is 13.9 Å². The van der Waals surface area contributed by atoms with Gasteiger partial charge in [0.25, 0.3) is 10.2 Å². The van der Waals surface area contributed by atoms with Crippen LogP contribution < -0.4 is 5.32 Å². The van der Waals surface area contributed by atoms with E-state index < -0.39 is 10.2 Å². The predicted molar refractivity (Wildman–Crippen MR) is 74.2 cm³/mol. The second-order valence-corrected chi connectivity index (χ2v) is 7.31. The van der Waals surface area contributed by atoms with Crippen LogP contribution in [0.1, 0.15) is 27.2 Å². The molecule has 112 valence electrons. The van der Waals surface area contributed by atoms with Gasteiger partial charge in [0, 0.05) is 32.2 Å². The molecular formula is C12H25N3O3S. The van der Waals surface area contributed by atoms with Gasteiger partial charge in [0.15, 0.2) is 0 Å². The van der Waals surface area contributed by atoms with E-state index in [1.165, 1.54) is 0 Å². The van der Waals surface area contributed by atoms with E-state index in [4.69, 9.17) is 4.74 Å². The summed E-state index contributed by atoms with van der Waals surface area (Å²) in [5.74, 6) is 0. The molecule has 0 aliphatic carbocycles. The standard InChI is InChI=1S/C12H25N3O3S/c1-4-15(12-5-6-13-7-12)19(16,17)14-8-10(2)18-11(3)9-14/h10-13H,4-9H2,1-3H3. The molecule has 2 aliphatic heterocycles. The van der Waals surface area contributed by atoms with Gasteiger partial charge in [-0.25, -0.2) is 0 Å². The van der Waals surface area contributed by atoms with E-state index in [-0.39, 0.29) is 18.2 Å². The second kappa shape index (κ2) is 6.05. The van der Waals surface area contributed by atoms with Crippen molar-refractivity contribution >= 4 is 10.2 Å². The van der Waals surface area contributed by atoms with Crippen molar-refractivity contribution in [3.05, 3.63) is 0 Å². The number of ether oxygens (including phenoxy) is 1. The Morgan fingerprint density at radius 3 is 2.42 bits per heavy atom. The average Bonchev–Trinajstić information content (AvgIpc) is 2.82. The molecule has 0 aromatic rings. The van der Waals surface area contributed by atoms with Crippen molar-refractivity contribution in [2.75, 3.05) is 32.7 Å². The van der Waals surface area contributed by atoms with Crippen molar-refractivity contribution in [2.45, 2.75) is 45.4 Å². The fourth-order valence-electron chi connectivity index (χ4n) is 2.96. The summed E-state index contributed by atoms with van der Waals surface area (Å²) in [7, 11) is -3.38. The Hall–Kier alpha value is -0.210. The molecule has 0 aromatic heterocycles. The van der Waals surface area contributed by atoms with Crippen LogP contribution in [0.3, 0.4) is 0 Å². The summed E-state index contributed by atoms with van der Waals surface area (Å²) >= 11 is 0. The monoisotopic (exact) mass is 291 g/mol. The SMILES string of the molecule is CCN(C1CCNC1)S(=O)(=O)N1CC(C)OC(C)C1. The topological polar surface area (TPSA) is 61.9 Å². The largest absolute Gasteiger partial charge is 0.373 e. The van der Waals surface area contributed by atoms with Gasteiger partial charge in [0.2, 0.25) is 0 Å². The first-order valence-electron chi connectivity index (χ1n) is 7.08. The highest BCUT2D eigenvalue weighted by atomic mass is 32.2. The van der Waals surface area contributed by atoms with Crippen molar-refractivity contribution in [3.8, 4) is 0 Å². The lowest BCUT2D eigenvalue weighted by molar-refractivity contribution is -0.0457. The molecule has 3 unspecified atom stereocenters. The number of nitrogens with one attached hydrogen (secondary N) is 1. The Morgan fingerprint density at radius 1 is 1.32 bits per heavy atom. The summed E-state index contributed by atoms with van der Waals surface area (Å²) in [6.45, 7) is 8.82. The van der Waals surface area contributed by atoms with Crippen LogP contribution in [0.4, 0.5) is 0 Å². The normalized spacial score (nSPS) is 34.0. The van der Waals surface area contributed by atoms with Gasteiger partial charge in [-0.3, -0.25) is 0 Å². The van der Waals surface area contributed by atoms with E-state index in [0.717, 1.165) is 19.5 Å². The van der Waals surface area contributed by atoms with Crippen molar-refractivity contribution in [2.24, 2.45) is 0 Å². The highest BCUT2D eigenvalue weighted by Crippen LogP contribution is 2.21. The van der Waals surface area contributed by atoms with Crippen LogP contribution in [0.25, 0.3) is 0 Å². The minimum absolute atomic E-state index is 0.0427. The fourth-order valence-corrected chi connectivity index (χ4v) is 4.94. The van der Waals surface area contributed by atoms with Crippen LogP contribution in [0.2, 0.25) is 0 Å². The molecule has 19 heavy (non-hydrogen) atoms. The fraction of sp³-hybridized carbons (Fsp3) is 1.00. The molecule has 0 amide bonds. The molecular weight excluding hydrogens is 266 g/mol. The lowest BCUT2D eigenvalue weighted by Gasteiger charge is -2.38. The van der Waals surface area contributed by atoms with Crippen molar-refractivity contribution in [1.29, 1.82) is 0 Å². The molecule has 0 spiro atoms. The molecule has 6 nitrogen and oxygen atoms in total. The first-order valence-corrected chi connectivity index (χ1v) is 8.48. The summed E-state index contributed by atoms with van der Waals surface area (Å²) in [6, 6.07) is 0.0865. The molecule has 3 atom stereocenters. The van der Waals surface area contributed by atoms with Crippen molar-refractivity contribution in [3.63, 3.8) is 0 Å². The van der Waals surface area contributed by atoms with E-state index in [2.05, 4.69) is 5.32 Å². The number of rotatable bonds is 4.